The summed E-state index contributed by atoms with van der Waals surface area (Å²) < 4.78 is 11.6. The lowest BCUT2D eigenvalue weighted by atomic mass is 10.3. The van der Waals surface area contributed by atoms with Crippen molar-refractivity contribution < 1.29 is 19.1 Å². The summed E-state index contributed by atoms with van der Waals surface area (Å²) >= 11 is 1.36. The Morgan fingerprint density at radius 3 is 2.83 bits per heavy atom. The van der Waals surface area contributed by atoms with Crippen LogP contribution < -0.4 is 0 Å². The van der Waals surface area contributed by atoms with Gasteiger partial charge in [-0.1, -0.05) is 0 Å². The van der Waals surface area contributed by atoms with E-state index in [1.165, 1.54) is 23.3 Å². The van der Waals surface area contributed by atoms with Crippen LogP contribution in [0.25, 0.3) is 10.6 Å². The molecule has 0 aromatic carbocycles. The summed E-state index contributed by atoms with van der Waals surface area (Å²) in [6.07, 6.45) is 3.52. The summed E-state index contributed by atoms with van der Waals surface area (Å²) in [5.74, 6) is -0.781. The monoisotopic (exact) mass is 352 g/mol. The standard InChI is InChI=1S/C15H20N4O4S/c1-4-23-13(20)9-19(5-6-22-3)15(21)12-10-24-14(17-12)11-7-16-18(2)8-11/h7-8,10H,4-6,9H2,1-3H3. The smallest absolute Gasteiger partial charge is 0.325 e. The number of hydrogen-bond acceptors (Lipinski definition) is 7. The van der Waals surface area contributed by atoms with Crippen molar-refractivity contribution >= 4 is 23.2 Å². The number of hydrogen-bond donors (Lipinski definition) is 0. The number of methoxy groups -OCH3 is 1. The van der Waals surface area contributed by atoms with Crippen molar-refractivity contribution in [2.75, 3.05) is 33.4 Å². The van der Waals surface area contributed by atoms with E-state index >= 15 is 0 Å². The number of ether oxygens (including phenoxy) is 2. The number of esters is 1. The fraction of sp³-hybridized carbons (Fsp3) is 0.467. The molecule has 0 radical (unpaired) electrons. The molecule has 2 rings (SSSR count). The van der Waals surface area contributed by atoms with Gasteiger partial charge in [0.1, 0.15) is 17.2 Å². The number of aryl methyl sites for hydroxylation is 1. The minimum Gasteiger partial charge on any atom is -0.465 e. The first kappa shape index (κ1) is 18.1. The van der Waals surface area contributed by atoms with E-state index in [0.717, 1.165) is 5.56 Å². The predicted molar refractivity (Wildman–Crippen MR) is 88.7 cm³/mol. The number of carbonyl (C=O) groups excluding carboxylic acids is 2. The highest BCUT2D eigenvalue weighted by molar-refractivity contribution is 7.13. The van der Waals surface area contributed by atoms with Gasteiger partial charge in [-0.3, -0.25) is 14.3 Å². The number of aromatic nitrogens is 3. The molecule has 0 spiro atoms. The Morgan fingerprint density at radius 2 is 2.21 bits per heavy atom. The molecule has 0 aliphatic heterocycles. The summed E-state index contributed by atoms with van der Waals surface area (Å²) in [5.41, 5.74) is 1.13. The minimum atomic E-state index is -0.454. The second-order valence-corrected chi connectivity index (χ2v) is 5.82. The van der Waals surface area contributed by atoms with Gasteiger partial charge in [-0.2, -0.15) is 5.10 Å². The normalized spacial score (nSPS) is 10.6. The zero-order valence-corrected chi connectivity index (χ0v) is 14.7. The third-order valence-corrected chi connectivity index (χ3v) is 4.04. The van der Waals surface area contributed by atoms with Crippen LogP contribution in [-0.2, 0) is 21.3 Å². The van der Waals surface area contributed by atoms with Crippen molar-refractivity contribution in [3.8, 4) is 10.6 Å². The second-order valence-electron chi connectivity index (χ2n) is 4.97. The Labute approximate surface area is 144 Å². The molecule has 9 heteroatoms. The third kappa shape index (κ3) is 4.62. The SMILES string of the molecule is CCOC(=O)CN(CCOC)C(=O)c1csc(-c2cnn(C)c2)n1. The number of carbonyl (C=O) groups is 2. The summed E-state index contributed by atoms with van der Waals surface area (Å²) in [7, 11) is 3.35. The molecule has 0 saturated heterocycles. The predicted octanol–water partition coefficient (Wildman–Crippen LogP) is 1.20. The zero-order valence-electron chi connectivity index (χ0n) is 13.9. The lowest BCUT2D eigenvalue weighted by Crippen LogP contribution is -2.38. The van der Waals surface area contributed by atoms with Crippen LogP contribution >= 0.6 is 11.3 Å². The van der Waals surface area contributed by atoms with Crippen LogP contribution in [0.2, 0.25) is 0 Å². The molecule has 0 aliphatic carbocycles. The minimum absolute atomic E-state index is 0.129. The summed E-state index contributed by atoms with van der Waals surface area (Å²) in [6.45, 7) is 2.47. The van der Waals surface area contributed by atoms with E-state index in [2.05, 4.69) is 10.1 Å². The molecule has 2 aromatic heterocycles. The van der Waals surface area contributed by atoms with Crippen molar-refractivity contribution in [3.63, 3.8) is 0 Å². The molecule has 0 aliphatic rings. The third-order valence-electron chi connectivity index (χ3n) is 3.15. The van der Waals surface area contributed by atoms with Crippen molar-refractivity contribution in [1.82, 2.24) is 19.7 Å². The maximum Gasteiger partial charge on any atom is 0.325 e. The van der Waals surface area contributed by atoms with Crippen molar-refractivity contribution in [2.24, 2.45) is 7.05 Å². The van der Waals surface area contributed by atoms with E-state index < -0.39 is 5.97 Å². The van der Waals surface area contributed by atoms with Crippen LogP contribution in [0.3, 0.4) is 0 Å². The lowest BCUT2D eigenvalue weighted by Gasteiger charge is -2.20. The molecule has 0 N–H and O–H groups in total. The van der Waals surface area contributed by atoms with Crippen LogP contribution in [0.5, 0.6) is 0 Å². The van der Waals surface area contributed by atoms with Gasteiger partial charge < -0.3 is 14.4 Å². The maximum atomic E-state index is 12.6. The van der Waals surface area contributed by atoms with Crippen LogP contribution in [0.15, 0.2) is 17.8 Å². The van der Waals surface area contributed by atoms with Gasteiger partial charge in [-0.25, -0.2) is 4.98 Å². The van der Waals surface area contributed by atoms with Gasteiger partial charge in [0.25, 0.3) is 5.91 Å². The first-order valence-electron chi connectivity index (χ1n) is 7.43. The Balaban J connectivity index is 2.13. The molecule has 0 saturated carbocycles. The average Bonchev–Trinajstić information content (AvgIpc) is 3.19. The highest BCUT2D eigenvalue weighted by atomic mass is 32.1. The molecular formula is C15H20N4O4S. The van der Waals surface area contributed by atoms with E-state index in [1.54, 1.807) is 23.2 Å². The highest BCUT2D eigenvalue weighted by Gasteiger charge is 2.22. The average molecular weight is 352 g/mol. The van der Waals surface area contributed by atoms with Crippen LogP contribution in [0.4, 0.5) is 0 Å². The Hall–Kier alpha value is -2.26. The Bertz CT molecular complexity index is 697. The van der Waals surface area contributed by atoms with E-state index in [4.69, 9.17) is 9.47 Å². The largest absolute Gasteiger partial charge is 0.465 e. The van der Waals surface area contributed by atoms with Crippen LogP contribution in [-0.4, -0.2) is 65.0 Å². The van der Waals surface area contributed by atoms with Gasteiger partial charge in [-0.05, 0) is 6.92 Å². The number of thiazole rings is 1. The van der Waals surface area contributed by atoms with Gasteiger partial charge >= 0.3 is 5.97 Å². The van der Waals surface area contributed by atoms with E-state index in [-0.39, 0.29) is 25.6 Å². The molecule has 1 amide bonds. The number of amides is 1. The van der Waals surface area contributed by atoms with E-state index in [0.29, 0.717) is 17.3 Å². The molecule has 24 heavy (non-hydrogen) atoms. The molecule has 8 nitrogen and oxygen atoms in total. The van der Waals surface area contributed by atoms with Gasteiger partial charge in [0.15, 0.2) is 0 Å². The molecule has 130 valence electrons. The molecule has 2 heterocycles. The quantitative estimate of drug-likeness (QED) is 0.664. The topological polar surface area (TPSA) is 86.5 Å². The highest BCUT2D eigenvalue weighted by Crippen LogP contribution is 2.23. The van der Waals surface area contributed by atoms with Crippen LogP contribution in [0, 0.1) is 0 Å². The van der Waals surface area contributed by atoms with Gasteiger partial charge in [0.05, 0.1) is 19.4 Å². The molecule has 0 fully saturated rings. The summed E-state index contributed by atoms with van der Waals surface area (Å²) in [5, 5.41) is 6.47. The second kappa shape index (κ2) is 8.55. The zero-order chi connectivity index (χ0) is 17.5. The van der Waals surface area contributed by atoms with E-state index in [9.17, 15) is 9.59 Å². The van der Waals surface area contributed by atoms with Crippen LogP contribution in [0.1, 0.15) is 17.4 Å². The first-order chi connectivity index (χ1) is 11.5. The molecule has 0 bridgehead atoms. The van der Waals surface area contributed by atoms with Crippen molar-refractivity contribution in [2.45, 2.75) is 6.92 Å². The Kier molecular flexibility index (Phi) is 6.44. The van der Waals surface area contributed by atoms with Gasteiger partial charge in [-0.15, -0.1) is 11.3 Å². The van der Waals surface area contributed by atoms with Crippen molar-refractivity contribution in [1.29, 1.82) is 0 Å². The molecular weight excluding hydrogens is 332 g/mol. The molecule has 0 atom stereocenters. The Morgan fingerprint density at radius 1 is 1.42 bits per heavy atom. The maximum absolute atomic E-state index is 12.6. The summed E-state index contributed by atoms with van der Waals surface area (Å²) in [6, 6.07) is 0. The fourth-order valence-corrected chi connectivity index (χ4v) is 2.78. The van der Waals surface area contributed by atoms with Gasteiger partial charge in [0.2, 0.25) is 0 Å². The molecule has 0 unspecified atom stereocenters. The lowest BCUT2D eigenvalue weighted by molar-refractivity contribution is -0.143. The van der Waals surface area contributed by atoms with Gasteiger partial charge in [0, 0.05) is 37.8 Å². The number of rotatable bonds is 8. The first-order valence-corrected chi connectivity index (χ1v) is 8.31. The van der Waals surface area contributed by atoms with E-state index in [1.807, 2.05) is 13.2 Å². The fourth-order valence-electron chi connectivity index (χ4n) is 2.01. The number of nitrogens with zero attached hydrogens (tertiary/aromatic N) is 4. The van der Waals surface area contributed by atoms with Crippen molar-refractivity contribution in [3.05, 3.63) is 23.5 Å². The molecule has 2 aromatic rings. The summed E-state index contributed by atoms with van der Waals surface area (Å²) in [4.78, 5) is 30.1.